The SMILES string of the molecule is [C-]#[N+]C(C)(C)C#Cc1cc(C(C)C)ccn1. The predicted octanol–water partition coefficient (Wildman–Crippen LogP) is 3.25. The summed E-state index contributed by atoms with van der Waals surface area (Å²) in [5.41, 5.74) is 1.33. The number of hydrogen-bond donors (Lipinski definition) is 0. The predicted molar refractivity (Wildman–Crippen MR) is 65.9 cm³/mol. The van der Waals surface area contributed by atoms with Crippen LogP contribution in [0.5, 0.6) is 0 Å². The Morgan fingerprint density at radius 2 is 2.12 bits per heavy atom. The van der Waals surface area contributed by atoms with Crippen LogP contribution in [0.15, 0.2) is 18.3 Å². The summed E-state index contributed by atoms with van der Waals surface area (Å²) in [6.45, 7) is 14.9. The van der Waals surface area contributed by atoms with Crippen molar-refractivity contribution in [2.75, 3.05) is 0 Å². The zero-order valence-electron chi connectivity index (χ0n) is 10.2. The normalized spacial score (nSPS) is 10.5. The third kappa shape index (κ3) is 3.41. The summed E-state index contributed by atoms with van der Waals surface area (Å²) in [4.78, 5) is 7.62. The van der Waals surface area contributed by atoms with Crippen molar-refractivity contribution < 1.29 is 0 Å². The Bertz CT molecular complexity index is 467. The van der Waals surface area contributed by atoms with Crippen molar-refractivity contribution in [1.29, 1.82) is 0 Å². The maximum absolute atomic E-state index is 6.98. The van der Waals surface area contributed by atoms with E-state index in [0.29, 0.717) is 5.92 Å². The Hall–Kier alpha value is -1.80. The molecule has 16 heavy (non-hydrogen) atoms. The van der Waals surface area contributed by atoms with Gasteiger partial charge in [-0.1, -0.05) is 13.8 Å². The van der Waals surface area contributed by atoms with E-state index in [4.69, 9.17) is 6.57 Å². The van der Waals surface area contributed by atoms with E-state index in [2.05, 4.69) is 35.5 Å². The van der Waals surface area contributed by atoms with Gasteiger partial charge in [-0.15, -0.1) is 0 Å². The lowest BCUT2D eigenvalue weighted by molar-refractivity contribution is 0.804. The van der Waals surface area contributed by atoms with Gasteiger partial charge in [0.05, 0.1) is 0 Å². The summed E-state index contributed by atoms with van der Waals surface area (Å²) < 4.78 is 0. The van der Waals surface area contributed by atoms with Crippen LogP contribution < -0.4 is 0 Å². The van der Waals surface area contributed by atoms with Gasteiger partial charge in [-0.2, -0.15) is 0 Å². The van der Waals surface area contributed by atoms with Crippen molar-refractivity contribution in [2.24, 2.45) is 0 Å². The highest BCUT2D eigenvalue weighted by Gasteiger charge is 2.17. The highest BCUT2D eigenvalue weighted by Crippen LogP contribution is 2.14. The third-order valence-corrected chi connectivity index (χ3v) is 2.23. The first-order chi connectivity index (χ1) is 7.44. The van der Waals surface area contributed by atoms with Crippen LogP contribution in [0.2, 0.25) is 0 Å². The van der Waals surface area contributed by atoms with Gasteiger partial charge >= 0.3 is 0 Å². The lowest BCUT2D eigenvalue weighted by atomic mass is 10.0. The Kier molecular flexibility index (Phi) is 3.69. The first-order valence-electron chi connectivity index (χ1n) is 5.32. The quantitative estimate of drug-likeness (QED) is 0.516. The highest BCUT2D eigenvalue weighted by molar-refractivity contribution is 5.35. The minimum atomic E-state index is -0.629. The summed E-state index contributed by atoms with van der Waals surface area (Å²) in [5, 5.41) is 0. The van der Waals surface area contributed by atoms with E-state index in [0.717, 1.165) is 5.69 Å². The minimum Gasteiger partial charge on any atom is -0.297 e. The van der Waals surface area contributed by atoms with Gasteiger partial charge in [-0.3, -0.25) is 4.85 Å². The molecule has 0 saturated carbocycles. The van der Waals surface area contributed by atoms with Crippen LogP contribution in [0, 0.1) is 18.4 Å². The maximum atomic E-state index is 6.98. The summed E-state index contributed by atoms with van der Waals surface area (Å²) in [7, 11) is 0. The van der Waals surface area contributed by atoms with Gasteiger partial charge in [-0.05, 0) is 35.5 Å². The van der Waals surface area contributed by atoms with E-state index in [1.165, 1.54) is 5.56 Å². The van der Waals surface area contributed by atoms with E-state index in [1.54, 1.807) is 20.0 Å². The molecule has 0 atom stereocenters. The fourth-order valence-electron chi connectivity index (χ4n) is 1.12. The van der Waals surface area contributed by atoms with E-state index in [9.17, 15) is 0 Å². The van der Waals surface area contributed by atoms with Crippen LogP contribution in [0.25, 0.3) is 4.85 Å². The highest BCUT2D eigenvalue weighted by atomic mass is 14.8. The standard InChI is InChI=1S/C14H16N2/c1-11(2)12-7-9-16-13(10-12)6-8-14(3,4)15-5/h7,9-11H,1-4H3. The van der Waals surface area contributed by atoms with Gasteiger partial charge in [0.2, 0.25) is 0 Å². The van der Waals surface area contributed by atoms with Gasteiger partial charge in [-0.25, -0.2) is 11.6 Å². The van der Waals surface area contributed by atoms with Crippen molar-refractivity contribution in [3.63, 3.8) is 0 Å². The van der Waals surface area contributed by atoms with E-state index >= 15 is 0 Å². The fourth-order valence-corrected chi connectivity index (χ4v) is 1.12. The van der Waals surface area contributed by atoms with Crippen molar-refractivity contribution >= 4 is 0 Å². The molecule has 1 aromatic rings. The smallest absolute Gasteiger partial charge is 0.286 e. The van der Waals surface area contributed by atoms with E-state index < -0.39 is 5.54 Å². The number of hydrogen-bond acceptors (Lipinski definition) is 1. The van der Waals surface area contributed by atoms with Crippen LogP contribution in [0.1, 0.15) is 44.9 Å². The molecule has 0 aliphatic heterocycles. The molecular formula is C14H16N2. The summed E-state index contributed by atoms with van der Waals surface area (Å²) in [6, 6.07) is 3.98. The molecular weight excluding hydrogens is 196 g/mol. The Labute approximate surface area is 97.5 Å². The summed E-state index contributed by atoms with van der Waals surface area (Å²) >= 11 is 0. The molecule has 1 aromatic heterocycles. The monoisotopic (exact) mass is 212 g/mol. The van der Waals surface area contributed by atoms with Gasteiger partial charge in [0.15, 0.2) is 0 Å². The van der Waals surface area contributed by atoms with Gasteiger partial charge in [0, 0.05) is 20.0 Å². The zero-order valence-corrected chi connectivity index (χ0v) is 10.2. The van der Waals surface area contributed by atoms with Crippen LogP contribution >= 0.6 is 0 Å². The van der Waals surface area contributed by atoms with Crippen LogP contribution in [0.4, 0.5) is 0 Å². The molecule has 2 heteroatoms. The molecule has 2 nitrogen and oxygen atoms in total. The van der Waals surface area contributed by atoms with E-state index in [-0.39, 0.29) is 0 Å². The van der Waals surface area contributed by atoms with Gasteiger partial charge < -0.3 is 0 Å². The molecule has 1 rings (SSSR count). The largest absolute Gasteiger partial charge is 0.297 e. The topological polar surface area (TPSA) is 17.2 Å². The maximum Gasteiger partial charge on any atom is 0.286 e. The van der Waals surface area contributed by atoms with Crippen LogP contribution in [0.3, 0.4) is 0 Å². The number of rotatable bonds is 1. The molecule has 0 spiro atoms. The zero-order chi connectivity index (χ0) is 12.2. The van der Waals surface area contributed by atoms with Crippen molar-refractivity contribution in [1.82, 2.24) is 4.98 Å². The van der Waals surface area contributed by atoms with Crippen molar-refractivity contribution in [3.05, 3.63) is 41.0 Å². The van der Waals surface area contributed by atoms with E-state index in [1.807, 2.05) is 12.1 Å². The summed E-state index contributed by atoms with van der Waals surface area (Å²) in [5.74, 6) is 6.35. The molecule has 0 N–H and O–H groups in total. The van der Waals surface area contributed by atoms with Gasteiger partial charge in [0.25, 0.3) is 5.54 Å². The molecule has 0 aliphatic rings. The van der Waals surface area contributed by atoms with Crippen LogP contribution in [-0.4, -0.2) is 10.5 Å². The molecule has 0 radical (unpaired) electrons. The molecule has 0 saturated heterocycles. The second-order valence-electron chi connectivity index (χ2n) is 4.55. The number of pyridine rings is 1. The Morgan fingerprint density at radius 3 is 2.69 bits per heavy atom. The van der Waals surface area contributed by atoms with Crippen molar-refractivity contribution in [2.45, 2.75) is 39.2 Å². The second kappa shape index (κ2) is 4.81. The molecule has 0 aromatic carbocycles. The lowest BCUT2D eigenvalue weighted by Gasteiger charge is -2.04. The average molecular weight is 212 g/mol. The Balaban J connectivity index is 2.99. The Morgan fingerprint density at radius 1 is 1.44 bits per heavy atom. The number of nitrogens with zero attached hydrogens (tertiary/aromatic N) is 2. The molecule has 0 aliphatic carbocycles. The first kappa shape index (κ1) is 12.3. The van der Waals surface area contributed by atoms with Crippen LogP contribution in [-0.2, 0) is 0 Å². The molecule has 82 valence electrons. The molecule has 0 amide bonds. The first-order valence-corrected chi connectivity index (χ1v) is 5.32. The van der Waals surface area contributed by atoms with Crippen molar-refractivity contribution in [3.8, 4) is 11.8 Å². The molecule has 1 heterocycles. The molecule has 0 bridgehead atoms. The second-order valence-corrected chi connectivity index (χ2v) is 4.55. The molecule has 0 unspecified atom stereocenters. The number of aromatic nitrogens is 1. The summed E-state index contributed by atoms with van der Waals surface area (Å²) in [6.07, 6.45) is 1.77. The molecule has 0 fully saturated rings. The average Bonchev–Trinajstić information content (AvgIpc) is 2.27. The minimum absolute atomic E-state index is 0.470. The lowest BCUT2D eigenvalue weighted by Crippen LogP contribution is -2.09. The third-order valence-electron chi connectivity index (χ3n) is 2.23. The fraction of sp³-hybridized carbons (Fsp3) is 0.429. The van der Waals surface area contributed by atoms with Gasteiger partial charge in [0.1, 0.15) is 5.69 Å².